The number of nitrogens with one attached hydrogen (secondary N) is 3. The molecule has 240 valence electrons. The van der Waals surface area contributed by atoms with Gasteiger partial charge in [0.05, 0.1) is 0 Å². The standard InChI is InChI=1S/C11H21NO2.C10H20N2O2.C10H19NO2/c1-8(2)12-11(13)14-10-6-4-9(3)5-7-10;1-9(2)11-10(13)14-8-7-12-5-3-4-6-12;1-8(2)11-10(12)13-9-6-4-3-5-7-9/h8-10H,4-7H2,1-3H3,(H,12,13);9H,3-8H2,1-2H3,(H,11,13);8-9H,3-7H2,1-2H3,(H,11,12). The van der Waals surface area contributed by atoms with Gasteiger partial charge in [-0.15, -0.1) is 0 Å². The molecule has 0 radical (unpaired) electrons. The van der Waals surface area contributed by atoms with Gasteiger partial charge in [0.15, 0.2) is 0 Å². The third-order valence-corrected chi connectivity index (χ3v) is 7.12. The van der Waals surface area contributed by atoms with Crippen molar-refractivity contribution in [2.75, 3.05) is 26.2 Å². The Kier molecular flexibility index (Phi) is 19.3. The normalized spacial score (nSPS) is 21.2. The van der Waals surface area contributed by atoms with Crippen LogP contribution in [0.2, 0.25) is 0 Å². The number of amides is 3. The largest absolute Gasteiger partial charge is 0.448 e. The molecule has 3 fully saturated rings. The molecule has 10 nitrogen and oxygen atoms in total. The van der Waals surface area contributed by atoms with E-state index in [0.717, 1.165) is 51.2 Å². The molecule has 2 aliphatic carbocycles. The summed E-state index contributed by atoms with van der Waals surface area (Å²) >= 11 is 0. The molecular formula is C31H60N4O6. The summed E-state index contributed by atoms with van der Waals surface area (Å²) in [5, 5.41) is 8.16. The molecule has 3 N–H and O–H groups in total. The SMILES string of the molecule is CC(C)NC(=O)OC1CCCCC1.CC(C)NC(=O)OCCN1CCCC1.CC1CCC(OC(=O)NC(C)C)CC1. The number of alkyl carbamates (subject to hydrolysis) is 3. The van der Waals surface area contributed by atoms with Gasteiger partial charge in [0.1, 0.15) is 18.8 Å². The van der Waals surface area contributed by atoms with Gasteiger partial charge in [0, 0.05) is 24.7 Å². The molecule has 10 heteroatoms. The van der Waals surface area contributed by atoms with Gasteiger partial charge in [-0.25, -0.2) is 14.4 Å². The van der Waals surface area contributed by atoms with E-state index in [-0.39, 0.29) is 48.6 Å². The fourth-order valence-corrected chi connectivity index (χ4v) is 4.92. The minimum Gasteiger partial charge on any atom is -0.448 e. The molecule has 3 amide bonds. The van der Waals surface area contributed by atoms with Crippen molar-refractivity contribution in [3.63, 3.8) is 0 Å². The molecule has 0 spiro atoms. The van der Waals surface area contributed by atoms with Crippen LogP contribution >= 0.6 is 0 Å². The van der Waals surface area contributed by atoms with Crippen LogP contribution in [0.1, 0.15) is 119 Å². The van der Waals surface area contributed by atoms with Crippen LogP contribution < -0.4 is 16.0 Å². The van der Waals surface area contributed by atoms with E-state index in [1.807, 2.05) is 41.5 Å². The molecular weight excluding hydrogens is 524 g/mol. The fourth-order valence-electron chi connectivity index (χ4n) is 4.92. The summed E-state index contributed by atoms with van der Waals surface area (Å²) in [5.41, 5.74) is 0. The molecule has 41 heavy (non-hydrogen) atoms. The van der Waals surface area contributed by atoms with Gasteiger partial charge in [0.25, 0.3) is 0 Å². The van der Waals surface area contributed by atoms with E-state index in [1.165, 1.54) is 44.9 Å². The van der Waals surface area contributed by atoms with E-state index < -0.39 is 0 Å². The van der Waals surface area contributed by atoms with Crippen molar-refractivity contribution in [3.05, 3.63) is 0 Å². The number of carbonyl (C=O) groups is 3. The van der Waals surface area contributed by atoms with Crippen LogP contribution in [0.15, 0.2) is 0 Å². The van der Waals surface area contributed by atoms with E-state index in [1.54, 1.807) is 0 Å². The van der Waals surface area contributed by atoms with E-state index in [2.05, 4.69) is 27.8 Å². The van der Waals surface area contributed by atoms with Gasteiger partial charge in [-0.3, -0.25) is 4.90 Å². The quantitative estimate of drug-likeness (QED) is 0.284. The zero-order chi connectivity index (χ0) is 30.6. The van der Waals surface area contributed by atoms with Crippen LogP contribution in [0.5, 0.6) is 0 Å². The Balaban J connectivity index is 0.000000308. The highest BCUT2D eigenvalue weighted by Crippen LogP contribution is 2.25. The highest BCUT2D eigenvalue weighted by molar-refractivity contribution is 5.68. The monoisotopic (exact) mass is 584 g/mol. The van der Waals surface area contributed by atoms with Crippen molar-refractivity contribution in [2.24, 2.45) is 5.92 Å². The smallest absolute Gasteiger partial charge is 0.407 e. The van der Waals surface area contributed by atoms with Gasteiger partial charge in [-0.1, -0.05) is 13.3 Å². The Morgan fingerprint density at radius 3 is 1.54 bits per heavy atom. The number of rotatable bonds is 8. The van der Waals surface area contributed by atoms with Crippen molar-refractivity contribution in [3.8, 4) is 0 Å². The topological polar surface area (TPSA) is 118 Å². The summed E-state index contributed by atoms with van der Waals surface area (Å²) in [6, 6.07) is 0.468. The van der Waals surface area contributed by atoms with Gasteiger partial charge < -0.3 is 30.2 Å². The third-order valence-electron chi connectivity index (χ3n) is 7.12. The lowest BCUT2D eigenvalue weighted by atomic mass is 9.89. The summed E-state index contributed by atoms with van der Waals surface area (Å²) in [4.78, 5) is 35.9. The summed E-state index contributed by atoms with van der Waals surface area (Å²) in [6.07, 6.45) is 12.2. The lowest BCUT2D eigenvalue weighted by molar-refractivity contribution is 0.0648. The molecule has 0 aromatic heterocycles. The summed E-state index contributed by atoms with van der Waals surface area (Å²) in [6.45, 7) is 17.5. The van der Waals surface area contributed by atoms with Crippen molar-refractivity contribution in [2.45, 2.75) is 149 Å². The van der Waals surface area contributed by atoms with Gasteiger partial charge in [-0.2, -0.15) is 0 Å². The lowest BCUT2D eigenvalue weighted by Crippen LogP contribution is -2.34. The second kappa shape index (κ2) is 21.5. The minimum absolute atomic E-state index is 0.143. The van der Waals surface area contributed by atoms with Gasteiger partial charge in [0.2, 0.25) is 0 Å². The summed E-state index contributed by atoms with van der Waals surface area (Å²) in [7, 11) is 0. The van der Waals surface area contributed by atoms with E-state index in [9.17, 15) is 14.4 Å². The number of carbonyl (C=O) groups excluding carboxylic acids is 3. The number of nitrogens with zero attached hydrogens (tertiary/aromatic N) is 1. The second-order valence-corrected chi connectivity index (χ2v) is 12.5. The Morgan fingerprint density at radius 2 is 1.07 bits per heavy atom. The number of hydrogen-bond acceptors (Lipinski definition) is 7. The van der Waals surface area contributed by atoms with Crippen molar-refractivity contribution >= 4 is 18.3 Å². The predicted molar refractivity (Wildman–Crippen MR) is 163 cm³/mol. The van der Waals surface area contributed by atoms with Gasteiger partial charge in [-0.05, 0) is 125 Å². The molecule has 3 rings (SSSR count). The zero-order valence-electron chi connectivity index (χ0n) is 27.0. The number of likely N-dealkylation sites (tertiary alicyclic amines) is 1. The molecule has 0 aromatic carbocycles. The maximum Gasteiger partial charge on any atom is 0.407 e. The maximum atomic E-state index is 11.3. The Labute approximate surface area is 249 Å². The predicted octanol–water partition coefficient (Wildman–Crippen LogP) is 6.37. The minimum atomic E-state index is -0.306. The first-order valence-electron chi connectivity index (χ1n) is 16.0. The maximum absolute atomic E-state index is 11.3. The zero-order valence-corrected chi connectivity index (χ0v) is 27.0. The van der Waals surface area contributed by atoms with Crippen molar-refractivity contribution in [1.82, 2.24) is 20.9 Å². The molecule has 0 unspecified atom stereocenters. The average molecular weight is 585 g/mol. The molecule has 2 saturated carbocycles. The first kappa shape index (κ1) is 36.8. The Hall–Kier alpha value is -2.23. The molecule has 1 saturated heterocycles. The van der Waals surface area contributed by atoms with Crippen molar-refractivity contribution < 1.29 is 28.6 Å². The Bertz CT molecular complexity index is 713. The first-order valence-corrected chi connectivity index (χ1v) is 16.0. The molecule has 1 heterocycles. The lowest BCUT2D eigenvalue weighted by Gasteiger charge is -2.26. The van der Waals surface area contributed by atoms with E-state index in [4.69, 9.17) is 14.2 Å². The fraction of sp³-hybridized carbons (Fsp3) is 0.903. The first-order chi connectivity index (χ1) is 19.4. The summed E-state index contributed by atoms with van der Waals surface area (Å²) < 4.78 is 15.6. The van der Waals surface area contributed by atoms with Crippen LogP contribution in [0.4, 0.5) is 14.4 Å². The van der Waals surface area contributed by atoms with E-state index >= 15 is 0 Å². The van der Waals surface area contributed by atoms with Crippen LogP contribution in [0.25, 0.3) is 0 Å². The number of ether oxygens (including phenoxy) is 3. The van der Waals surface area contributed by atoms with Gasteiger partial charge >= 0.3 is 18.3 Å². The summed E-state index contributed by atoms with van der Waals surface area (Å²) in [5.74, 6) is 0.794. The van der Waals surface area contributed by atoms with E-state index in [0.29, 0.717) is 6.61 Å². The molecule has 1 aliphatic heterocycles. The van der Waals surface area contributed by atoms with Crippen LogP contribution in [0.3, 0.4) is 0 Å². The number of hydrogen-bond donors (Lipinski definition) is 3. The molecule has 3 aliphatic rings. The van der Waals surface area contributed by atoms with Crippen LogP contribution in [-0.2, 0) is 14.2 Å². The average Bonchev–Trinajstić information content (AvgIpc) is 3.39. The molecule has 0 atom stereocenters. The Morgan fingerprint density at radius 1 is 0.634 bits per heavy atom. The molecule has 0 aromatic rings. The van der Waals surface area contributed by atoms with Crippen molar-refractivity contribution in [1.29, 1.82) is 0 Å². The third kappa shape index (κ3) is 20.3. The second-order valence-electron chi connectivity index (χ2n) is 12.5. The molecule has 0 bridgehead atoms. The highest BCUT2D eigenvalue weighted by atomic mass is 16.6. The highest BCUT2D eigenvalue weighted by Gasteiger charge is 2.21. The van der Waals surface area contributed by atoms with Crippen LogP contribution in [-0.4, -0.2) is 79.8 Å². The van der Waals surface area contributed by atoms with Crippen LogP contribution in [0, 0.1) is 5.92 Å².